The highest BCUT2D eigenvalue weighted by Gasteiger charge is 2.31. The highest BCUT2D eigenvalue weighted by atomic mass is 32.2. The van der Waals surface area contributed by atoms with Gasteiger partial charge in [0.15, 0.2) is 0 Å². The Morgan fingerprint density at radius 3 is 2.52 bits per heavy atom. The van der Waals surface area contributed by atoms with Gasteiger partial charge in [0.2, 0.25) is 10.0 Å². The van der Waals surface area contributed by atoms with Crippen LogP contribution >= 0.6 is 0 Å². The molecule has 1 fully saturated rings. The van der Waals surface area contributed by atoms with E-state index in [-0.39, 0.29) is 13.1 Å². The zero-order chi connectivity index (χ0) is 19.2. The standard InChI is InChI=1S/C16H16F2N6O2S/c1-11-8-15(24-16(21-11)19-10-20-24)22-4-6-23(7-5-22)27(25,26)14-3-2-12(17)9-13(14)18/h2-3,8-10H,4-7H2,1H3. The van der Waals surface area contributed by atoms with Crippen molar-refractivity contribution in [1.29, 1.82) is 0 Å². The van der Waals surface area contributed by atoms with Crippen molar-refractivity contribution in [2.75, 3.05) is 31.1 Å². The van der Waals surface area contributed by atoms with Crippen LogP contribution in [-0.4, -0.2) is 58.5 Å². The van der Waals surface area contributed by atoms with Gasteiger partial charge in [-0.05, 0) is 19.1 Å². The molecule has 0 amide bonds. The van der Waals surface area contributed by atoms with E-state index in [1.165, 1.54) is 10.6 Å². The molecule has 0 saturated carbocycles. The summed E-state index contributed by atoms with van der Waals surface area (Å²) in [5.74, 6) is -0.680. The van der Waals surface area contributed by atoms with E-state index in [1.54, 1.807) is 4.52 Å². The number of aromatic nitrogens is 4. The molecule has 0 spiro atoms. The van der Waals surface area contributed by atoms with Crippen LogP contribution in [0.15, 0.2) is 35.5 Å². The van der Waals surface area contributed by atoms with Gasteiger partial charge in [0, 0.05) is 44.0 Å². The summed E-state index contributed by atoms with van der Waals surface area (Å²) in [5, 5.41) is 4.15. The van der Waals surface area contributed by atoms with Gasteiger partial charge < -0.3 is 4.90 Å². The Morgan fingerprint density at radius 1 is 1.07 bits per heavy atom. The molecule has 0 atom stereocenters. The van der Waals surface area contributed by atoms with E-state index in [0.717, 1.165) is 23.6 Å². The van der Waals surface area contributed by atoms with E-state index >= 15 is 0 Å². The molecule has 8 nitrogen and oxygen atoms in total. The van der Waals surface area contributed by atoms with E-state index in [9.17, 15) is 17.2 Å². The van der Waals surface area contributed by atoms with Crippen molar-refractivity contribution in [3.8, 4) is 0 Å². The minimum absolute atomic E-state index is 0.163. The van der Waals surface area contributed by atoms with E-state index in [1.807, 2.05) is 17.9 Å². The summed E-state index contributed by atoms with van der Waals surface area (Å²) in [4.78, 5) is 9.82. The molecule has 4 rings (SSSR count). The Kier molecular flexibility index (Phi) is 4.27. The van der Waals surface area contributed by atoms with E-state index in [2.05, 4.69) is 15.1 Å². The molecular weight excluding hydrogens is 378 g/mol. The van der Waals surface area contributed by atoms with Crippen molar-refractivity contribution in [2.24, 2.45) is 0 Å². The molecule has 1 aliphatic rings. The molecule has 0 N–H and O–H groups in total. The van der Waals surface area contributed by atoms with Crippen LogP contribution in [0.2, 0.25) is 0 Å². The predicted octanol–water partition coefficient (Wildman–Crippen LogP) is 1.22. The summed E-state index contributed by atoms with van der Waals surface area (Å²) in [6, 6.07) is 4.32. The highest BCUT2D eigenvalue weighted by Crippen LogP contribution is 2.23. The number of sulfonamides is 1. The maximum atomic E-state index is 13.9. The van der Waals surface area contributed by atoms with E-state index < -0.39 is 26.6 Å². The SMILES string of the molecule is Cc1cc(N2CCN(S(=O)(=O)c3ccc(F)cc3F)CC2)n2ncnc2n1. The first-order chi connectivity index (χ1) is 12.9. The predicted molar refractivity (Wildman–Crippen MR) is 92.8 cm³/mol. The van der Waals surface area contributed by atoms with Gasteiger partial charge in [-0.25, -0.2) is 22.2 Å². The number of piperazine rings is 1. The van der Waals surface area contributed by atoms with Gasteiger partial charge in [-0.15, -0.1) is 0 Å². The van der Waals surface area contributed by atoms with Gasteiger partial charge in [0.1, 0.15) is 28.7 Å². The van der Waals surface area contributed by atoms with Crippen LogP contribution in [0.5, 0.6) is 0 Å². The molecule has 0 bridgehead atoms. The first-order valence-corrected chi connectivity index (χ1v) is 9.68. The fourth-order valence-electron chi connectivity index (χ4n) is 3.12. The maximum Gasteiger partial charge on any atom is 0.254 e. The molecule has 1 aromatic carbocycles. The molecule has 0 aliphatic carbocycles. The number of rotatable bonds is 3. The summed E-state index contributed by atoms with van der Waals surface area (Å²) < 4.78 is 55.2. The molecule has 3 aromatic rings. The third kappa shape index (κ3) is 3.12. The zero-order valence-corrected chi connectivity index (χ0v) is 15.2. The van der Waals surface area contributed by atoms with Crippen molar-refractivity contribution in [2.45, 2.75) is 11.8 Å². The van der Waals surface area contributed by atoms with Gasteiger partial charge >= 0.3 is 0 Å². The zero-order valence-electron chi connectivity index (χ0n) is 14.4. The lowest BCUT2D eigenvalue weighted by atomic mass is 10.3. The summed E-state index contributed by atoms with van der Waals surface area (Å²) in [6.07, 6.45) is 1.41. The van der Waals surface area contributed by atoms with Crippen LogP contribution in [0.4, 0.5) is 14.6 Å². The van der Waals surface area contributed by atoms with Crippen LogP contribution in [0.1, 0.15) is 5.69 Å². The Balaban J connectivity index is 1.57. The number of anilines is 1. The molecule has 0 unspecified atom stereocenters. The molecule has 3 heterocycles. The average molecular weight is 394 g/mol. The van der Waals surface area contributed by atoms with Crippen molar-refractivity contribution >= 4 is 21.6 Å². The van der Waals surface area contributed by atoms with Crippen molar-refractivity contribution in [3.05, 3.63) is 47.9 Å². The summed E-state index contributed by atoms with van der Waals surface area (Å²) >= 11 is 0. The minimum Gasteiger partial charge on any atom is -0.354 e. The molecule has 11 heteroatoms. The van der Waals surface area contributed by atoms with Crippen LogP contribution in [0.25, 0.3) is 5.78 Å². The summed E-state index contributed by atoms with van der Waals surface area (Å²) in [7, 11) is -4.04. The Bertz CT molecular complexity index is 1110. The van der Waals surface area contributed by atoms with Gasteiger partial charge in [-0.2, -0.15) is 18.9 Å². The number of benzene rings is 1. The van der Waals surface area contributed by atoms with Gasteiger partial charge in [0.25, 0.3) is 5.78 Å². The lowest BCUT2D eigenvalue weighted by Gasteiger charge is -2.35. The molecule has 27 heavy (non-hydrogen) atoms. The largest absolute Gasteiger partial charge is 0.354 e. The number of nitrogens with zero attached hydrogens (tertiary/aromatic N) is 6. The van der Waals surface area contributed by atoms with Crippen LogP contribution in [0.3, 0.4) is 0 Å². The summed E-state index contributed by atoms with van der Waals surface area (Å²) in [5.41, 5.74) is 0.772. The first kappa shape index (κ1) is 17.7. The number of hydrogen-bond donors (Lipinski definition) is 0. The molecule has 2 aromatic heterocycles. The molecule has 0 radical (unpaired) electrons. The van der Waals surface area contributed by atoms with Gasteiger partial charge in [0.05, 0.1) is 0 Å². The van der Waals surface area contributed by atoms with Crippen LogP contribution < -0.4 is 4.90 Å². The maximum absolute atomic E-state index is 13.9. The lowest BCUT2D eigenvalue weighted by molar-refractivity contribution is 0.380. The fraction of sp³-hybridized carbons (Fsp3) is 0.312. The van der Waals surface area contributed by atoms with Crippen molar-refractivity contribution in [1.82, 2.24) is 23.9 Å². The second-order valence-corrected chi connectivity index (χ2v) is 8.10. The Morgan fingerprint density at radius 2 is 1.81 bits per heavy atom. The molecule has 1 saturated heterocycles. The third-order valence-electron chi connectivity index (χ3n) is 4.44. The molecule has 1 aliphatic heterocycles. The van der Waals surface area contributed by atoms with Crippen LogP contribution in [0, 0.1) is 18.6 Å². The van der Waals surface area contributed by atoms with Gasteiger partial charge in [-0.1, -0.05) is 0 Å². The monoisotopic (exact) mass is 394 g/mol. The topological polar surface area (TPSA) is 83.7 Å². The molecule has 142 valence electrons. The average Bonchev–Trinajstić information content (AvgIpc) is 3.09. The van der Waals surface area contributed by atoms with Crippen LogP contribution in [-0.2, 0) is 10.0 Å². The fourth-order valence-corrected chi connectivity index (χ4v) is 4.59. The number of hydrogen-bond acceptors (Lipinski definition) is 6. The first-order valence-electron chi connectivity index (χ1n) is 8.24. The second-order valence-electron chi connectivity index (χ2n) is 6.19. The molecular formula is C16H16F2N6O2S. The normalized spacial score (nSPS) is 16.2. The van der Waals surface area contributed by atoms with Crippen molar-refractivity contribution < 1.29 is 17.2 Å². The number of aryl methyl sites for hydroxylation is 1. The van der Waals surface area contributed by atoms with Crippen molar-refractivity contribution in [3.63, 3.8) is 0 Å². The van der Waals surface area contributed by atoms with Gasteiger partial charge in [-0.3, -0.25) is 0 Å². The Hall–Kier alpha value is -2.66. The number of fused-ring (bicyclic) bond motifs is 1. The highest BCUT2D eigenvalue weighted by molar-refractivity contribution is 7.89. The minimum atomic E-state index is -4.04. The lowest BCUT2D eigenvalue weighted by Crippen LogP contribution is -2.49. The Labute approximate surface area is 154 Å². The quantitative estimate of drug-likeness (QED) is 0.664. The third-order valence-corrected chi connectivity index (χ3v) is 6.37. The number of halogens is 2. The van der Waals surface area contributed by atoms with E-state index in [0.29, 0.717) is 24.9 Å². The second kappa shape index (κ2) is 6.50. The van der Waals surface area contributed by atoms with E-state index in [4.69, 9.17) is 0 Å². The summed E-state index contributed by atoms with van der Waals surface area (Å²) in [6.45, 7) is 2.95. The smallest absolute Gasteiger partial charge is 0.254 e.